The van der Waals surface area contributed by atoms with Gasteiger partial charge in [0.15, 0.2) is 5.82 Å². The van der Waals surface area contributed by atoms with Gasteiger partial charge in [0.25, 0.3) is 14.2 Å². The summed E-state index contributed by atoms with van der Waals surface area (Å²) in [5, 5.41) is 7.16. The smallest absolute Gasteiger partial charge is 0.296 e. The number of hydrogen-bond donors (Lipinski definition) is 0. The van der Waals surface area contributed by atoms with Crippen molar-refractivity contribution in [1.82, 2.24) is 14.8 Å². The lowest BCUT2D eigenvalue weighted by molar-refractivity contribution is 0.569. The van der Waals surface area contributed by atoms with E-state index in [0.29, 0.717) is 24.4 Å². The summed E-state index contributed by atoms with van der Waals surface area (Å²) >= 11 is 0. The second kappa shape index (κ2) is 5.49. The highest BCUT2D eigenvalue weighted by Gasteiger charge is 2.23. The molecular formula is C12H13ClFN3O2S. The quantitative estimate of drug-likeness (QED) is 0.813. The summed E-state index contributed by atoms with van der Waals surface area (Å²) < 4.78 is 37.8. The van der Waals surface area contributed by atoms with Crippen LogP contribution in [0.5, 0.6) is 0 Å². The van der Waals surface area contributed by atoms with Crippen molar-refractivity contribution in [2.24, 2.45) is 0 Å². The lowest BCUT2D eigenvalue weighted by Gasteiger charge is -2.09. The van der Waals surface area contributed by atoms with Crippen LogP contribution in [0.1, 0.15) is 18.9 Å². The molecule has 20 heavy (non-hydrogen) atoms. The number of aryl methyl sites for hydroxylation is 1. The van der Waals surface area contributed by atoms with E-state index in [9.17, 15) is 12.8 Å². The van der Waals surface area contributed by atoms with Crippen LogP contribution >= 0.6 is 10.7 Å². The predicted molar refractivity (Wildman–Crippen MR) is 73.5 cm³/mol. The summed E-state index contributed by atoms with van der Waals surface area (Å²) in [6.45, 7) is 4.04. The number of halogens is 2. The van der Waals surface area contributed by atoms with E-state index in [-0.39, 0.29) is 5.16 Å². The minimum atomic E-state index is -4.00. The highest BCUT2D eigenvalue weighted by molar-refractivity contribution is 8.13. The maximum atomic E-state index is 13.4. The molecule has 1 aromatic carbocycles. The van der Waals surface area contributed by atoms with Crippen LogP contribution in [0, 0.1) is 12.7 Å². The minimum Gasteiger partial charge on any atom is -0.297 e. The first kappa shape index (κ1) is 14.9. The van der Waals surface area contributed by atoms with Crippen LogP contribution in [0.25, 0.3) is 11.4 Å². The Labute approximate surface area is 120 Å². The van der Waals surface area contributed by atoms with Crippen LogP contribution in [0.3, 0.4) is 0 Å². The molecular weight excluding hydrogens is 305 g/mol. The highest BCUT2D eigenvalue weighted by atomic mass is 35.7. The normalized spacial score (nSPS) is 11.8. The monoisotopic (exact) mass is 317 g/mol. The van der Waals surface area contributed by atoms with Crippen LogP contribution in [0.4, 0.5) is 4.39 Å². The molecule has 0 spiro atoms. The van der Waals surface area contributed by atoms with Gasteiger partial charge < -0.3 is 0 Å². The van der Waals surface area contributed by atoms with Gasteiger partial charge in [-0.05, 0) is 31.0 Å². The molecule has 0 radical (unpaired) electrons. The van der Waals surface area contributed by atoms with Gasteiger partial charge in [0, 0.05) is 22.8 Å². The van der Waals surface area contributed by atoms with E-state index in [1.165, 1.54) is 16.7 Å². The predicted octanol–water partition coefficient (Wildman–Crippen LogP) is 2.73. The van der Waals surface area contributed by atoms with Crippen molar-refractivity contribution in [3.05, 3.63) is 29.6 Å². The fourth-order valence-corrected chi connectivity index (χ4v) is 2.85. The van der Waals surface area contributed by atoms with Gasteiger partial charge in [0.1, 0.15) is 5.82 Å². The third-order valence-corrected chi connectivity index (χ3v) is 3.97. The fourth-order valence-electron chi connectivity index (χ4n) is 1.93. The van der Waals surface area contributed by atoms with E-state index in [1.54, 1.807) is 13.0 Å². The number of nitrogens with zero attached hydrogens (tertiary/aromatic N) is 3. The third kappa shape index (κ3) is 2.83. The third-order valence-electron chi connectivity index (χ3n) is 2.82. The molecule has 0 fully saturated rings. The molecule has 1 heterocycles. The molecule has 0 aliphatic carbocycles. The molecule has 0 N–H and O–H groups in total. The summed E-state index contributed by atoms with van der Waals surface area (Å²) in [5.74, 6) is -0.130. The van der Waals surface area contributed by atoms with Crippen molar-refractivity contribution in [1.29, 1.82) is 0 Å². The lowest BCUT2D eigenvalue weighted by Crippen LogP contribution is -2.08. The van der Waals surface area contributed by atoms with Crippen LogP contribution in [-0.4, -0.2) is 23.2 Å². The van der Waals surface area contributed by atoms with Crippen molar-refractivity contribution in [2.75, 3.05) is 0 Å². The average Bonchev–Trinajstić information content (AvgIpc) is 2.76. The van der Waals surface area contributed by atoms with Gasteiger partial charge in [-0.1, -0.05) is 13.0 Å². The molecule has 2 rings (SSSR count). The zero-order chi connectivity index (χ0) is 14.9. The van der Waals surface area contributed by atoms with Crippen LogP contribution in [0.2, 0.25) is 0 Å². The number of hydrogen-bond acceptors (Lipinski definition) is 4. The van der Waals surface area contributed by atoms with Crippen molar-refractivity contribution in [2.45, 2.75) is 32.0 Å². The van der Waals surface area contributed by atoms with E-state index in [0.717, 1.165) is 5.56 Å². The van der Waals surface area contributed by atoms with Gasteiger partial charge in [-0.25, -0.2) is 12.8 Å². The first-order valence-corrected chi connectivity index (χ1v) is 8.30. The SMILES string of the molecule is CCCn1c(-c2cc(F)ccc2C)nnc1S(=O)(=O)Cl. The molecule has 2 aromatic rings. The van der Waals surface area contributed by atoms with Gasteiger partial charge in [0.05, 0.1) is 0 Å². The van der Waals surface area contributed by atoms with E-state index in [1.807, 2.05) is 6.92 Å². The molecule has 0 atom stereocenters. The van der Waals surface area contributed by atoms with Gasteiger partial charge in [0.2, 0.25) is 0 Å². The molecule has 0 saturated heterocycles. The Bertz CT molecular complexity index is 743. The van der Waals surface area contributed by atoms with Crippen molar-refractivity contribution < 1.29 is 12.8 Å². The molecule has 0 aliphatic rings. The Morgan fingerprint density at radius 3 is 2.65 bits per heavy atom. The van der Waals surface area contributed by atoms with E-state index in [4.69, 9.17) is 10.7 Å². The summed E-state index contributed by atoms with van der Waals surface area (Å²) in [6.07, 6.45) is 0.665. The second-order valence-corrected chi connectivity index (χ2v) is 6.81. The summed E-state index contributed by atoms with van der Waals surface area (Å²) in [6, 6.07) is 4.24. The van der Waals surface area contributed by atoms with Crippen LogP contribution in [0.15, 0.2) is 23.4 Å². The van der Waals surface area contributed by atoms with Crippen molar-refractivity contribution in [3.8, 4) is 11.4 Å². The van der Waals surface area contributed by atoms with Gasteiger partial charge in [-0.2, -0.15) is 0 Å². The molecule has 5 nitrogen and oxygen atoms in total. The average molecular weight is 318 g/mol. The Morgan fingerprint density at radius 1 is 1.35 bits per heavy atom. The Balaban J connectivity index is 2.69. The van der Waals surface area contributed by atoms with Gasteiger partial charge in [-0.15, -0.1) is 10.2 Å². The molecule has 0 saturated carbocycles. The molecule has 8 heteroatoms. The zero-order valence-corrected chi connectivity index (χ0v) is 12.5. The minimum absolute atomic E-state index is 0.295. The molecule has 0 aliphatic heterocycles. The second-order valence-electron chi connectivity index (χ2n) is 4.35. The Kier molecular flexibility index (Phi) is 4.10. The van der Waals surface area contributed by atoms with E-state index >= 15 is 0 Å². The molecule has 0 bridgehead atoms. The maximum Gasteiger partial charge on any atom is 0.296 e. The Morgan fingerprint density at radius 2 is 2.05 bits per heavy atom. The van der Waals surface area contributed by atoms with Gasteiger partial charge >= 0.3 is 0 Å². The standard InChI is InChI=1S/C12H13ClFN3O2S/c1-3-6-17-11(15-16-12(17)20(13,18)19)10-7-9(14)5-4-8(10)2/h4-5,7H,3,6H2,1-2H3. The number of rotatable bonds is 4. The molecule has 0 unspecified atom stereocenters. The fraction of sp³-hybridized carbons (Fsp3) is 0.333. The van der Waals surface area contributed by atoms with Crippen LogP contribution in [-0.2, 0) is 15.6 Å². The van der Waals surface area contributed by atoms with Crippen molar-refractivity contribution >= 4 is 19.7 Å². The first-order valence-electron chi connectivity index (χ1n) is 5.99. The number of benzene rings is 1. The summed E-state index contributed by atoms with van der Waals surface area (Å²) in [5.41, 5.74) is 1.27. The van der Waals surface area contributed by atoms with Crippen molar-refractivity contribution in [3.63, 3.8) is 0 Å². The largest absolute Gasteiger partial charge is 0.297 e. The number of aromatic nitrogens is 3. The van der Waals surface area contributed by atoms with Gasteiger partial charge in [-0.3, -0.25) is 4.57 Å². The topological polar surface area (TPSA) is 64.8 Å². The molecule has 1 aromatic heterocycles. The van der Waals surface area contributed by atoms with E-state index < -0.39 is 14.9 Å². The molecule has 0 amide bonds. The Hall–Kier alpha value is -1.47. The summed E-state index contributed by atoms with van der Waals surface area (Å²) in [7, 11) is 1.35. The lowest BCUT2D eigenvalue weighted by atomic mass is 10.1. The zero-order valence-electron chi connectivity index (χ0n) is 11.0. The molecule has 108 valence electrons. The first-order chi connectivity index (χ1) is 9.34. The van der Waals surface area contributed by atoms with E-state index in [2.05, 4.69) is 10.2 Å². The highest BCUT2D eigenvalue weighted by Crippen LogP contribution is 2.26. The maximum absolute atomic E-state index is 13.4. The van der Waals surface area contributed by atoms with Crippen LogP contribution < -0.4 is 0 Å². The summed E-state index contributed by atoms with van der Waals surface area (Å²) in [4.78, 5) is 0.